The number of likely N-dealkylation sites (N-methyl/N-ethyl adjacent to an activating group) is 1. The second-order valence-electron chi connectivity index (χ2n) is 7.35. The third-order valence-corrected chi connectivity index (χ3v) is 6.21. The molecule has 2 amide bonds. The quantitative estimate of drug-likeness (QED) is 0.604. The summed E-state index contributed by atoms with van der Waals surface area (Å²) in [6.45, 7) is 7.16. The van der Waals surface area contributed by atoms with Gasteiger partial charge >= 0.3 is 6.03 Å². The predicted molar refractivity (Wildman–Crippen MR) is 117 cm³/mol. The van der Waals surface area contributed by atoms with Gasteiger partial charge in [0.25, 0.3) is 0 Å². The molecule has 2 aromatic heterocycles. The number of hydrogen-bond acceptors (Lipinski definition) is 5. The largest absolute Gasteiger partial charge is 0.474 e. The maximum absolute atomic E-state index is 12.4. The van der Waals surface area contributed by atoms with E-state index in [0.717, 1.165) is 31.5 Å². The summed E-state index contributed by atoms with van der Waals surface area (Å²) in [5.41, 5.74) is 2.16. The van der Waals surface area contributed by atoms with Crippen LogP contribution in [0.2, 0.25) is 0 Å². The van der Waals surface area contributed by atoms with Crippen molar-refractivity contribution in [1.29, 1.82) is 0 Å². The molecule has 3 rings (SSSR count). The molecule has 0 bridgehead atoms. The standard InChI is InChI=1S/C22H32N4O2S/c1-3-26(4-2)20(18-11-13-29-16-18)15-25-22(27)24-14-17-8-7-12-23-21(17)28-19-9-5-6-10-19/h7-8,11-13,16,19-20H,3-6,9-10,14-15H2,1-2H3,(H2,24,25,27). The molecule has 29 heavy (non-hydrogen) atoms. The molecule has 2 aromatic rings. The molecule has 6 nitrogen and oxygen atoms in total. The van der Waals surface area contributed by atoms with Crippen molar-refractivity contribution in [2.45, 2.75) is 58.2 Å². The number of amides is 2. The van der Waals surface area contributed by atoms with Gasteiger partial charge in [0.2, 0.25) is 5.88 Å². The molecular weight excluding hydrogens is 384 g/mol. The van der Waals surface area contributed by atoms with Crippen molar-refractivity contribution in [2.24, 2.45) is 0 Å². The minimum absolute atomic E-state index is 0.173. The van der Waals surface area contributed by atoms with E-state index >= 15 is 0 Å². The van der Waals surface area contributed by atoms with Crippen LogP contribution in [0.1, 0.15) is 56.7 Å². The van der Waals surface area contributed by atoms with Gasteiger partial charge in [0.1, 0.15) is 6.10 Å². The number of carbonyl (C=O) groups is 1. The molecule has 1 fully saturated rings. The minimum Gasteiger partial charge on any atom is -0.474 e. The predicted octanol–water partition coefficient (Wildman–Crippen LogP) is 4.35. The third-order valence-electron chi connectivity index (χ3n) is 5.51. The van der Waals surface area contributed by atoms with E-state index in [1.54, 1.807) is 17.5 Å². The summed E-state index contributed by atoms with van der Waals surface area (Å²) in [4.78, 5) is 19.2. The van der Waals surface area contributed by atoms with E-state index in [-0.39, 0.29) is 18.2 Å². The first-order chi connectivity index (χ1) is 14.2. The Hall–Kier alpha value is -2.12. The highest BCUT2D eigenvalue weighted by atomic mass is 32.1. The van der Waals surface area contributed by atoms with Crippen LogP contribution in [-0.2, 0) is 6.54 Å². The number of nitrogens with zero attached hydrogens (tertiary/aromatic N) is 2. The van der Waals surface area contributed by atoms with Crippen LogP contribution < -0.4 is 15.4 Å². The highest BCUT2D eigenvalue weighted by Gasteiger charge is 2.20. The van der Waals surface area contributed by atoms with Crippen molar-refractivity contribution >= 4 is 17.4 Å². The van der Waals surface area contributed by atoms with Crippen molar-refractivity contribution in [3.05, 3.63) is 46.3 Å². The third kappa shape index (κ3) is 6.18. The van der Waals surface area contributed by atoms with Gasteiger partial charge in [-0.3, -0.25) is 4.90 Å². The fraction of sp³-hybridized carbons (Fsp3) is 0.545. The molecule has 1 saturated carbocycles. The normalized spacial score (nSPS) is 15.4. The van der Waals surface area contributed by atoms with Crippen LogP contribution in [0.3, 0.4) is 0 Å². The molecule has 1 aliphatic carbocycles. The Bertz CT molecular complexity index is 743. The Morgan fingerprint density at radius 1 is 1.28 bits per heavy atom. The summed E-state index contributed by atoms with van der Waals surface area (Å²) in [7, 11) is 0. The first-order valence-corrected chi connectivity index (χ1v) is 11.5. The maximum atomic E-state index is 12.4. The number of nitrogens with one attached hydrogen (secondary N) is 2. The maximum Gasteiger partial charge on any atom is 0.315 e. The molecule has 1 aliphatic rings. The van der Waals surface area contributed by atoms with Gasteiger partial charge in [-0.05, 0) is 67.2 Å². The summed E-state index contributed by atoms with van der Waals surface area (Å²) in [5, 5.41) is 10.2. The van der Waals surface area contributed by atoms with Gasteiger partial charge in [0.05, 0.1) is 6.04 Å². The fourth-order valence-electron chi connectivity index (χ4n) is 3.84. The van der Waals surface area contributed by atoms with Crippen molar-refractivity contribution in [2.75, 3.05) is 19.6 Å². The Labute approximate surface area is 177 Å². The van der Waals surface area contributed by atoms with Crippen molar-refractivity contribution in [1.82, 2.24) is 20.5 Å². The van der Waals surface area contributed by atoms with Crippen LogP contribution in [0.15, 0.2) is 35.2 Å². The molecule has 1 unspecified atom stereocenters. The summed E-state index contributed by atoms with van der Waals surface area (Å²) >= 11 is 1.69. The van der Waals surface area contributed by atoms with E-state index in [2.05, 4.69) is 51.2 Å². The van der Waals surface area contributed by atoms with Crippen molar-refractivity contribution < 1.29 is 9.53 Å². The zero-order valence-corrected chi connectivity index (χ0v) is 18.2. The van der Waals surface area contributed by atoms with Crippen LogP contribution in [-0.4, -0.2) is 41.7 Å². The highest BCUT2D eigenvalue weighted by molar-refractivity contribution is 7.07. The van der Waals surface area contributed by atoms with E-state index in [1.165, 1.54) is 18.4 Å². The first-order valence-electron chi connectivity index (χ1n) is 10.6. The summed E-state index contributed by atoms with van der Waals surface area (Å²) in [6, 6.07) is 5.98. The van der Waals surface area contributed by atoms with Crippen LogP contribution in [0.5, 0.6) is 5.88 Å². The van der Waals surface area contributed by atoms with Crippen LogP contribution in [0.25, 0.3) is 0 Å². The van der Waals surface area contributed by atoms with Crippen molar-refractivity contribution in [3.8, 4) is 5.88 Å². The molecule has 1 atom stereocenters. The number of ether oxygens (including phenoxy) is 1. The van der Waals surface area contributed by atoms with Gasteiger partial charge in [0.15, 0.2) is 0 Å². The van der Waals surface area contributed by atoms with Gasteiger partial charge in [-0.1, -0.05) is 19.9 Å². The van der Waals surface area contributed by atoms with Gasteiger partial charge in [-0.2, -0.15) is 11.3 Å². The zero-order chi connectivity index (χ0) is 20.5. The Morgan fingerprint density at radius 3 is 2.76 bits per heavy atom. The lowest BCUT2D eigenvalue weighted by Gasteiger charge is -2.29. The molecule has 0 radical (unpaired) electrons. The van der Waals surface area contributed by atoms with Gasteiger partial charge < -0.3 is 15.4 Å². The van der Waals surface area contributed by atoms with E-state index in [4.69, 9.17) is 4.74 Å². The first kappa shape index (κ1) is 21.6. The summed E-state index contributed by atoms with van der Waals surface area (Å²) in [5.74, 6) is 0.638. The number of urea groups is 1. The Balaban J connectivity index is 1.53. The number of hydrogen-bond donors (Lipinski definition) is 2. The summed E-state index contributed by atoms with van der Waals surface area (Å²) < 4.78 is 6.06. The van der Waals surface area contributed by atoms with E-state index in [0.29, 0.717) is 19.0 Å². The Kier molecular flexibility index (Phi) is 8.31. The average Bonchev–Trinajstić information content (AvgIpc) is 3.45. The fourth-order valence-corrected chi connectivity index (χ4v) is 4.55. The topological polar surface area (TPSA) is 66.5 Å². The van der Waals surface area contributed by atoms with Gasteiger partial charge in [-0.25, -0.2) is 9.78 Å². The molecule has 0 aromatic carbocycles. The van der Waals surface area contributed by atoms with E-state index < -0.39 is 0 Å². The lowest BCUT2D eigenvalue weighted by Crippen LogP contribution is -2.42. The highest BCUT2D eigenvalue weighted by Crippen LogP contribution is 2.25. The average molecular weight is 417 g/mol. The monoisotopic (exact) mass is 416 g/mol. The molecule has 2 heterocycles. The van der Waals surface area contributed by atoms with Crippen molar-refractivity contribution in [3.63, 3.8) is 0 Å². The zero-order valence-electron chi connectivity index (χ0n) is 17.4. The van der Waals surface area contributed by atoms with Gasteiger partial charge in [-0.15, -0.1) is 0 Å². The van der Waals surface area contributed by atoms with Gasteiger partial charge in [0, 0.05) is 24.8 Å². The molecule has 0 saturated heterocycles. The number of aromatic nitrogens is 1. The number of thiophene rings is 1. The SMILES string of the molecule is CCN(CC)C(CNC(=O)NCc1cccnc1OC1CCCC1)c1ccsc1. The second kappa shape index (κ2) is 11.2. The Morgan fingerprint density at radius 2 is 2.07 bits per heavy atom. The van der Waals surface area contributed by atoms with Crippen LogP contribution in [0.4, 0.5) is 4.79 Å². The van der Waals surface area contributed by atoms with E-state index in [1.807, 2.05) is 12.1 Å². The number of carbonyl (C=O) groups excluding carboxylic acids is 1. The molecule has 0 spiro atoms. The molecule has 7 heteroatoms. The number of pyridine rings is 1. The second-order valence-corrected chi connectivity index (χ2v) is 8.13. The molecular formula is C22H32N4O2S. The summed E-state index contributed by atoms with van der Waals surface area (Å²) in [6.07, 6.45) is 6.58. The lowest BCUT2D eigenvalue weighted by atomic mass is 10.1. The molecule has 0 aliphatic heterocycles. The number of rotatable bonds is 10. The van der Waals surface area contributed by atoms with Crippen LogP contribution >= 0.6 is 11.3 Å². The molecule has 2 N–H and O–H groups in total. The smallest absolute Gasteiger partial charge is 0.315 e. The molecule has 158 valence electrons. The van der Waals surface area contributed by atoms with E-state index in [9.17, 15) is 4.79 Å². The lowest BCUT2D eigenvalue weighted by molar-refractivity contribution is 0.198. The minimum atomic E-state index is -0.173. The van der Waals surface area contributed by atoms with Crippen LogP contribution in [0, 0.1) is 0 Å².